The molecular weight excluding hydrogens is 290 g/mol. The molecule has 106 valence electrons. The van der Waals surface area contributed by atoms with Crippen molar-refractivity contribution in [3.63, 3.8) is 0 Å². The van der Waals surface area contributed by atoms with E-state index in [0.717, 1.165) is 0 Å². The third-order valence-corrected chi connectivity index (χ3v) is 2.75. The molecule has 0 amide bonds. The molecule has 1 heterocycles. The Kier molecular flexibility index (Phi) is 5.56. The van der Waals surface area contributed by atoms with Crippen LogP contribution in [0, 0.1) is 11.3 Å². The zero-order chi connectivity index (χ0) is 14.9. The molecule has 0 saturated carbocycles. The maximum atomic E-state index is 9.03. The first-order valence-corrected chi connectivity index (χ1v) is 6.58. The van der Waals surface area contributed by atoms with E-state index in [4.69, 9.17) is 26.4 Å². The van der Waals surface area contributed by atoms with Crippen molar-refractivity contribution in [1.82, 2.24) is 4.98 Å². The van der Waals surface area contributed by atoms with Gasteiger partial charge in [0.15, 0.2) is 23.2 Å². The van der Waals surface area contributed by atoms with E-state index in [1.165, 1.54) is 0 Å². The van der Waals surface area contributed by atoms with Gasteiger partial charge in [0.25, 0.3) is 0 Å². The fourth-order valence-corrected chi connectivity index (χ4v) is 1.69. The number of hydrogen-bond donors (Lipinski definition) is 0. The van der Waals surface area contributed by atoms with Gasteiger partial charge in [-0.05, 0) is 12.1 Å². The lowest BCUT2D eigenvalue weighted by Crippen LogP contribution is -2.06. The molecule has 0 fully saturated rings. The Morgan fingerprint density at radius 3 is 2.71 bits per heavy atom. The normalized spacial score (nSPS) is 10.8. The molecule has 1 aromatic heterocycles. The van der Waals surface area contributed by atoms with E-state index in [2.05, 4.69) is 10.1 Å². The average molecular weight is 302 g/mol. The van der Waals surface area contributed by atoms with Crippen LogP contribution in [0.3, 0.4) is 0 Å². The first kappa shape index (κ1) is 14.8. The minimum Gasteiger partial charge on any atom is -0.487 e. The minimum atomic E-state index is 0.198. The molecule has 5 nitrogen and oxygen atoms in total. The second-order valence-electron chi connectivity index (χ2n) is 3.89. The summed E-state index contributed by atoms with van der Waals surface area (Å²) in [7, 11) is 0. The van der Waals surface area contributed by atoms with Gasteiger partial charge in [-0.1, -0.05) is 47.1 Å². The molecule has 0 bridgehead atoms. The Bertz CT molecular complexity index is 653. The standard InChI is InChI=1S/C15H12ClN3O2/c16-15-14(7-4-8-18-15)20-9-10-21-19-13(11-17)12-5-2-1-3-6-12/h1-8H,9-10H2/b19-13-. The summed E-state index contributed by atoms with van der Waals surface area (Å²) in [5.41, 5.74) is 0.922. The van der Waals surface area contributed by atoms with Crippen molar-refractivity contribution in [2.75, 3.05) is 13.2 Å². The molecule has 6 heteroatoms. The lowest BCUT2D eigenvalue weighted by atomic mass is 10.1. The van der Waals surface area contributed by atoms with Gasteiger partial charge in [0.2, 0.25) is 0 Å². The lowest BCUT2D eigenvalue weighted by Gasteiger charge is -2.06. The number of ether oxygens (including phenoxy) is 1. The second-order valence-corrected chi connectivity index (χ2v) is 4.25. The highest BCUT2D eigenvalue weighted by molar-refractivity contribution is 6.30. The van der Waals surface area contributed by atoms with Gasteiger partial charge in [-0.25, -0.2) is 4.98 Å². The molecule has 1 aromatic carbocycles. The lowest BCUT2D eigenvalue weighted by molar-refractivity contribution is 0.107. The number of pyridine rings is 1. The van der Waals surface area contributed by atoms with Crippen LogP contribution in [-0.4, -0.2) is 23.9 Å². The summed E-state index contributed by atoms with van der Waals surface area (Å²) in [6, 6.07) is 14.5. The molecule has 0 aliphatic carbocycles. The Morgan fingerprint density at radius 2 is 2.00 bits per heavy atom. The number of rotatable bonds is 6. The molecule has 0 atom stereocenters. The quantitative estimate of drug-likeness (QED) is 0.356. The predicted molar refractivity (Wildman–Crippen MR) is 79.3 cm³/mol. The van der Waals surface area contributed by atoms with E-state index in [-0.39, 0.29) is 18.9 Å². The van der Waals surface area contributed by atoms with Crippen LogP contribution in [0.5, 0.6) is 5.75 Å². The molecule has 0 aliphatic heterocycles. The van der Waals surface area contributed by atoms with E-state index in [0.29, 0.717) is 16.5 Å². The number of benzene rings is 1. The van der Waals surface area contributed by atoms with Crippen molar-refractivity contribution in [3.05, 3.63) is 59.4 Å². The van der Waals surface area contributed by atoms with Crippen molar-refractivity contribution >= 4 is 17.3 Å². The SMILES string of the molecule is N#C/C(=N/OCCOc1cccnc1Cl)c1ccccc1. The summed E-state index contributed by atoms with van der Waals surface area (Å²) in [4.78, 5) is 8.97. The van der Waals surface area contributed by atoms with Gasteiger partial charge in [-0.3, -0.25) is 0 Å². The topological polar surface area (TPSA) is 67.5 Å². The number of nitrogens with zero attached hydrogens (tertiary/aromatic N) is 3. The maximum absolute atomic E-state index is 9.03. The molecule has 21 heavy (non-hydrogen) atoms. The van der Waals surface area contributed by atoms with E-state index >= 15 is 0 Å². The van der Waals surface area contributed by atoms with Crippen molar-refractivity contribution in [2.24, 2.45) is 5.16 Å². The largest absolute Gasteiger partial charge is 0.487 e. The minimum absolute atomic E-state index is 0.198. The van der Waals surface area contributed by atoms with Gasteiger partial charge < -0.3 is 9.57 Å². The molecule has 0 N–H and O–H groups in total. The Labute approximate surface area is 127 Å². The molecule has 0 spiro atoms. The Morgan fingerprint density at radius 1 is 1.19 bits per heavy atom. The smallest absolute Gasteiger partial charge is 0.186 e. The molecule has 0 radical (unpaired) electrons. The number of aromatic nitrogens is 1. The van der Waals surface area contributed by atoms with Gasteiger partial charge in [0.05, 0.1) is 0 Å². The van der Waals surface area contributed by atoms with Crippen LogP contribution in [0.4, 0.5) is 0 Å². The van der Waals surface area contributed by atoms with Crippen LogP contribution in [-0.2, 0) is 4.84 Å². The van der Waals surface area contributed by atoms with Crippen molar-refractivity contribution in [2.45, 2.75) is 0 Å². The van der Waals surface area contributed by atoms with E-state index in [9.17, 15) is 0 Å². The predicted octanol–water partition coefficient (Wildman–Crippen LogP) is 3.06. The average Bonchev–Trinajstić information content (AvgIpc) is 2.53. The summed E-state index contributed by atoms with van der Waals surface area (Å²) in [6.45, 7) is 0.450. The molecule has 2 aromatic rings. The maximum Gasteiger partial charge on any atom is 0.186 e. The molecular formula is C15H12ClN3O2. The van der Waals surface area contributed by atoms with Crippen LogP contribution >= 0.6 is 11.6 Å². The monoisotopic (exact) mass is 301 g/mol. The van der Waals surface area contributed by atoms with E-state index in [1.807, 2.05) is 24.3 Å². The van der Waals surface area contributed by atoms with Crippen molar-refractivity contribution in [1.29, 1.82) is 5.26 Å². The second kappa shape index (κ2) is 7.88. The van der Waals surface area contributed by atoms with Gasteiger partial charge in [-0.2, -0.15) is 5.26 Å². The van der Waals surface area contributed by atoms with Crippen molar-refractivity contribution in [3.8, 4) is 11.8 Å². The van der Waals surface area contributed by atoms with Gasteiger partial charge in [0.1, 0.15) is 12.7 Å². The number of nitriles is 1. The highest BCUT2D eigenvalue weighted by Crippen LogP contribution is 2.19. The summed E-state index contributed by atoms with van der Waals surface area (Å²) in [5.74, 6) is 0.482. The highest BCUT2D eigenvalue weighted by Gasteiger charge is 2.03. The molecule has 2 rings (SSSR count). The fraction of sp³-hybridized carbons (Fsp3) is 0.133. The summed E-state index contributed by atoms with van der Waals surface area (Å²) >= 11 is 5.84. The van der Waals surface area contributed by atoms with Crippen LogP contribution < -0.4 is 4.74 Å². The van der Waals surface area contributed by atoms with Gasteiger partial charge in [0, 0.05) is 11.8 Å². The number of halogens is 1. The first-order chi connectivity index (χ1) is 10.3. The van der Waals surface area contributed by atoms with Crippen LogP contribution in [0.15, 0.2) is 53.8 Å². The third-order valence-electron chi connectivity index (χ3n) is 2.47. The Balaban J connectivity index is 1.82. The summed E-state index contributed by atoms with van der Waals surface area (Å²) in [5, 5.41) is 13.1. The van der Waals surface area contributed by atoms with Crippen LogP contribution in [0.25, 0.3) is 0 Å². The van der Waals surface area contributed by atoms with Crippen LogP contribution in [0.2, 0.25) is 5.15 Å². The summed E-state index contributed by atoms with van der Waals surface area (Å²) < 4.78 is 5.39. The van der Waals surface area contributed by atoms with E-state index < -0.39 is 0 Å². The Hall–Kier alpha value is -2.58. The van der Waals surface area contributed by atoms with E-state index in [1.54, 1.807) is 30.5 Å². The van der Waals surface area contributed by atoms with Crippen molar-refractivity contribution < 1.29 is 9.57 Å². The summed E-state index contributed by atoms with van der Waals surface area (Å²) in [6.07, 6.45) is 1.58. The molecule has 0 unspecified atom stereocenters. The molecule has 0 saturated heterocycles. The number of oxime groups is 1. The zero-order valence-electron chi connectivity index (χ0n) is 11.1. The first-order valence-electron chi connectivity index (χ1n) is 6.20. The van der Waals surface area contributed by atoms with Crippen LogP contribution in [0.1, 0.15) is 5.56 Å². The van der Waals surface area contributed by atoms with Gasteiger partial charge in [-0.15, -0.1) is 0 Å². The fourth-order valence-electron chi connectivity index (χ4n) is 1.51. The third kappa shape index (κ3) is 4.48. The van der Waals surface area contributed by atoms with Gasteiger partial charge >= 0.3 is 0 Å². The number of hydrogen-bond acceptors (Lipinski definition) is 5. The highest BCUT2D eigenvalue weighted by atomic mass is 35.5. The molecule has 0 aliphatic rings. The zero-order valence-corrected chi connectivity index (χ0v) is 11.8.